The van der Waals surface area contributed by atoms with E-state index in [1.807, 2.05) is 19.1 Å². The summed E-state index contributed by atoms with van der Waals surface area (Å²) in [5, 5.41) is 6.46. The van der Waals surface area contributed by atoms with Crippen LogP contribution in [0.5, 0.6) is 5.75 Å². The van der Waals surface area contributed by atoms with E-state index in [1.165, 1.54) is 0 Å². The maximum absolute atomic E-state index is 12.5. The third kappa shape index (κ3) is 6.12. The number of anilines is 1. The van der Waals surface area contributed by atoms with Crippen LogP contribution in [0.4, 0.5) is 5.69 Å². The lowest BCUT2D eigenvalue weighted by molar-refractivity contribution is -0.136. The molecule has 0 saturated heterocycles. The van der Waals surface area contributed by atoms with Crippen LogP contribution in [0.2, 0.25) is 0 Å². The van der Waals surface area contributed by atoms with E-state index in [0.29, 0.717) is 22.5 Å². The molecule has 162 valence electrons. The van der Waals surface area contributed by atoms with Crippen LogP contribution in [0.1, 0.15) is 28.4 Å². The van der Waals surface area contributed by atoms with Crippen LogP contribution in [-0.4, -0.2) is 23.5 Å². The predicted octanol–water partition coefficient (Wildman–Crippen LogP) is 4.46. The molecule has 7 nitrogen and oxygen atoms in total. The lowest BCUT2D eigenvalue weighted by Gasteiger charge is -2.10. The van der Waals surface area contributed by atoms with Crippen molar-refractivity contribution < 1.29 is 19.1 Å². The molecular formula is C24H20BrN3O4. The summed E-state index contributed by atoms with van der Waals surface area (Å²) in [4.78, 5) is 36.6. The fourth-order valence-electron chi connectivity index (χ4n) is 2.67. The lowest BCUT2D eigenvalue weighted by Crippen LogP contribution is -2.33. The highest BCUT2D eigenvalue weighted by atomic mass is 79.9. The first kappa shape index (κ1) is 22.9. The third-order valence-electron chi connectivity index (χ3n) is 4.40. The number of aryl methyl sites for hydroxylation is 1. The summed E-state index contributed by atoms with van der Waals surface area (Å²) >= 11 is 3.30. The number of nitrogens with one attached hydrogen (secondary N) is 2. The molecule has 0 aromatic heterocycles. The summed E-state index contributed by atoms with van der Waals surface area (Å²) in [7, 11) is 0. The van der Waals surface area contributed by atoms with Gasteiger partial charge < -0.3 is 10.1 Å². The highest BCUT2D eigenvalue weighted by Gasteiger charge is 2.15. The van der Waals surface area contributed by atoms with Gasteiger partial charge in [-0.15, -0.1) is 0 Å². The lowest BCUT2D eigenvalue weighted by atomic mass is 10.1. The average Bonchev–Trinajstić information content (AvgIpc) is 2.79. The van der Waals surface area contributed by atoms with Gasteiger partial charge in [-0.05, 0) is 62.4 Å². The van der Waals surface area contributed by atoms with Gasteiger partial charge in [-0.2, -0.15) is 5.10 Å². The second-order valence-electron chi connectivity index (χ2n) is 6.85. The Hall–Kier alpha value is -3.78. The Labute approximate surface area is 193 Å². The summed E-state index contributed by atoms with van der Waals surface area (Å²) < 4.78 is 6.37. The summed E-state index contributed by atoms with van der Waals surface area (Å²) in [5.41, 5.74) is 5.00. The van der Waals surface area contributed by atoms with E-state index in [2.05, 4.69) is 31.8 Å². The summed E-state index contributed by atoms with van der Waals surface area (Å²) in [6.07, 6.45) is 0. The van der Waals surface area contributed by atoms with Gasteiger partial charge in [0, 0.05) is 15.7 Å². The fraction of sp³-hybridized carbons (Fsp3) is 0.0833. The van der Waals surface area contributed by atoms with Crippen molar-refractivity contribution in [2.24, 2.45) is 5.10 Å². The first-order valence-corrected chi connectivity index (χ1v) is 10.4. The van der Waals surface area contributed by atoms with E-state index in [1.54, 1.807) is 67.6 Å². The van der Waals surface area contributed by atoms with Gasteiger partial charge in [0.05, 0.1) is 11.3 Å². The Bertz CT molecular complexity index is 1170. The number of amides is 2. The van der Waals surface area contributed by atoms with Crippen molar-refractivity contribution >= 4 is 45.1 Å². The molecule has 0 aliphatic heterocycles. The highest BCUT2D eigenvalue weighted by molar-refractivity contribution is 9.10. The average molecular weight is 494 g/mol. The van der Waals surface area contributed by atoms with Gasteiger partial charge in [0.15, 0.2) is 0 Å². The number of hydrazone groups is 1. The molecular weight excluding hydrogens is 474 g/mol. The quantitative estimate of drug-likeness (QED) is 0.180. The molecule has 0 spiro atoms. The topological polar surface area (TPSA) is 96.9 Å². The number of rotatable bonds is 5. The number of carbonyl (C=O) groups excluding carboxylic acids is 3. The summed E-state index contributed by atoms with van der Waals surface area (Å²) in [5.74, 6) is -2.01. The molecule has 32 heavy (non-hydrogen) atoms. The van der Waals surface area contributed by atoms with Crippen molar-refractivity contribution in [1.29, 1.82) is 0 Å². The number of hydrogen-bond donors (Lipinski definition) is 2. The Balaban J connectivity index is 1.67. The van der Waals surface area contributed by atoms with Crippen LogP contribution in [0, 0.1) is 6.92 Å². The smallest absolute Gasteiger partial charge is 0.343 e. The van der Waals surface area contributed by atoms with E-state index >= 15 is 0 Å². The predicted molar refractivity (Wildman–Crippen MR) is 126 cm³/mol. The van der Waals surface area contributed by atoms with Gasteiger partial charge in [0.25, 0.3) is 0 Å². The SMILES string of the molecule is CC(=NNC(=O)C(=O)Nc1ccc(Br)cc1)c1ccccc1OC(=O)c1ccc(C)cc1. The normalized spacial score (nSPS) is 10.9. The van der Waals surface area contributed by atoms with Gasteiger partial charge in [-0.25, -0.2) is 10.2 Å². The zero-order valence-electron chi connectivity index (χ0n) is 17.4. The Morgan fingerprint density at radius 1 is 0.875 bits per heavy atom. The molecule has 3 aromatic rings. The number of carbonyl (C=O) groups is 3. The van der Waals surface area contributed by atoms with Gasteiger partial charge >= 0.3 is 17.8 Å². The van der Waals surface area contributed by atoms with Crippen molar-refractivity contribution in [3.05, 3.63) is 94.0 Å². The number of halogens is 1. The molecule has 0 atom stereocenters. The summed E-state index contributed by atoms with van der Waals surface area (Å²) in [6, 6.07) is 20.6. The molecule has 3 aromatic carbocycles. The number of benzene rings is 3. The molecule has 0 fully saturated rings. The molecule has 0 aliphatic rings. The van der Waals surface area contributed by atoms with Crippen molar-refractivity contribution in [3.8, 4) is 5.75 Å². The number of hydrogen-bond acceptors (Lipinski definition) is 5. The number of ether oxygens (including phenoxy) is 1. The fourth-order valence-corrected chi connectivity index (χ4v) is 2.93. The molecule has 8 heteroatoms. The zero-order chi connectivity index (χ0) is 23.1. The third-order valence-corrected chi connectivity index (χ3v) is 4.93. The van der Waals surface area contributed by atoms with E-state index in [4.69, 9.17) is 4.74 Å². The van der Waals surface area contributed by atoms with Gasteiger partial charge in [0.2, 0.25) is 0 Å². The van der Waals surface area contributed by atoms with Gasteiger partial charge in [-0.1, -0.05) is 45.8 Å². The summed E-state index contributed by atoms with van der Waals surface area (Å²) in [6.45, 7) is 3.56. The highest BCUT2D eigenvalue weighted by Crippen LogP contribution is 2.20. The van der Waals surface area contributed by atoms with E-state index in [9.17, 15) is 14.4 Å². The van der Waals surface area contributed by atoms with Gasteiger partial charge in [-0.3, -0.25) is 9.59 Å². The van der Waals surface area contributed by atoms with E-state index in [-0.39, 0.29) is 5.75 Å². The van der Waals surface area contributed by atoms with Crippen LogP contribution in [0.15, 0.2) is 82.4 Å². The van der Waals surface area contributed by atoms with E-state index < -0.39 is 17.8 Å². The van der Waals surface area contributed by atoms with E-state index in [0.717, 1.165) is 10.0 Å². The van der Waals surface area contributed by atoms with Gasteiger partial charge in [0.1, 0.15) is 5.75 Å². The van der Waals surface area contributed by atoms with Crippen LogP contribution >= 0.6 is 15.9 Å². The Morgan fingerprint density at radius 3 is 2.22 bits per heavy atom. The molecule has 2 N–H and O–H groups in total. The maximum atomic E-state index is 12.5. The number of para-hydroxylation sites is 1. The molecule has 0 saturated carbocycles. The van der Waals surface area contributed by atoms with Crippen molar-refractivity contribution in [2.75, 3.05) is 5.32 Å². The molecule has 3 rings (SSSR count). The van der Waals surface area contributed by atoms with Crippen LogP contribution in [-0.2, 0) is 9.59 Å². The van der Waals surface area contributed by atoms with Crippen LogP contribution < -0.4 is 15.5 Å². The second-order valence-corrected chi connectivity index (χ2v) is 7.77. The van der Waals surface area contributed by atoms with Crippen LogP contribution in [0.25, 0.3) is 0 Å². The minimum absolute atomic E-state index is 0.285. The zero-order valence-corrected chi connectivity index (χ0v) is 19.0. The number of nitrogens with zero attached hydrogens (tertiary/aromatic N) is 1. The second kappa shape index (κ2) is 10.5. The van der Waals surface area contributed by atoms with Crippen molar-refractivity contribution in [3.63, 3.8) is 0 Å². The molecule has 0 unspecified atom stereocenters. The van der Waals surface area contributed by atoms with Crippen molar-refractivity contribution in [2.45, 2.75) is 13.8 Å². The standard InChI is InChI=1S/C24H20BrN3O4/c1-15-7-9-17(10-8-15)24(31)32-21-6-4-3-5-20(21)16(2)27-28-23(30)22(29)26-19-13-11-18(25)12-14-19/h3-14H,1-2H3,(H,26,29)(H,28,30). The molecule has 2 amide bonds. The minimum Gasteiger partial charge on any atom is -0.422 e. The monoisotopic (exact) mass is 493 g/mol. The molecule has 0 heterocycles. The first-order valence-electron chi connectivity index (χ1n) is 9.63. The molecule has 0 radical (unpaired) electrons. The largest absolute Gasteiger partial charge is 0.422 e. The maximum Gasteiger partial charge on any atom is 0.343 e. The Morgan fingerprint density at radius 2 is 1.53 bits per heavy atom. The Kier molecular flexibility index (Phi) is 7.51. The molecule has 0 aliphatic carbocycles. The number of esters is 1. The minimum atomic E-state index is -0.929. The van der Waals surface area contributed by atoms with Crippen LogP contribution in [0.3, 0.4) is 0 Å². The molecule has 0 bridgehead atoms. The first-order chi connectivity index (χ1) is 15.3. The van der Waals surface area contributed by atoms with Crippen molar-refractivity contribution in [1.82, 2.24) is 5.43 Å².